The van der Waals surface area contributed by atoms with Gasteiger partial charge in [-0.3, -0.25) is 0 Å². The minimum atomic E-state index is 0.0211. The van der Waals surface area contributed by atoms with Gasteiger partial charge in [-0.1, -0.05) is 0 Å². The van der Waals surface area contributed by atoms with Crippen LogP contribution in [0.3, 0.4) is 0 Å². The molecule has 0 bridgehead atoms. The van der Waals surface area contributed by atoms with Crippen LogP contribution in [-0.4, -0.2) is 17.5 Å². The standard InChI is InChI=1S/C9H12N2OS/c1-3-11-5-8-7(10-9(11)12)4-6(2)13-8/h4H,3,5H2,1-2H3,(H,10,12). The number of nitrogens with one attached hydrogen (secondary N) is 1. The third-order valence-electron chi connectivity index (χ3n) is 2.18. The summed E-state index contributed by atoms with van der Waals surface area (Å²) in [5.41, 5.74) is 0.997. The summed E-state index contributed by atoms with van der Waals surface area (Å²) in [6.07, 6.45) is 0. The van der Waals surface area contributed by atoms with Crippen molar-refractivity contribution in [1.29, 1.82) is 0 Å². The normalized spacial score (nSPS) is 15.5. The molecule has 0 unspecified atom stereocenters. The molecule has 0 saturated heterocycles. The van der Waals surface area contributed by atoms with E-state index in [1.165, 1.54) is 9.75 Å². The summed E-state index contributed by atoms with van der Waals surface area (Å²) >= 11 is 1.75. The fourth-order valence-electron chi connectivity index (χ4n) is 1.48. The number of carbonyl (C=O) groups excluding carboxylic acids is 1. The van der Waals surface area contributed by atoms with E-state index in [2.05, 4.69) is 12.2 Å². The van der Waals surface area contributed by atoms with Crippen molar-refractivity contribution in [1.82, 2.24) is 4.90 Å². The van der Waals surface area contributed by atoms with Gasteiger partial charge in [-0.2, -0.15) is 0 Å². The van der Waals surface area contributed by atoms with E-state index in [1.807, 2.05) is 13.0 Å². The van der Waals surface area contributed by atoms with Crippen LogP contribution in [0.5, 0.6) is 0 Å². The Bertz CT molecular complexity index is 345. The summed E-state index contributed by atoms with van der Waals surface area (Å²) in [7, 11) is 0. The fourth-order valence-corrected chi connectivity index (χ4v) is 2.49. The van der Waals surface area contributed by atoms with Crippen molar-refractivity contribution in [3.8, 4) is 0 Å². The number of anilines is 1. The molecule has 2 amide bonds. The molecule has 0 spiro atoms. The number of thiophene rings is 1. The van der Waals surface area contributed by atoms with E-state index < -0.39 is 0 Å². The molecule has 2 heterocycles. The lowest BCUT2D eigenvalue weighted by atomic mass is 10.3. The van der Waals surface area contributed by atoms with E-state index in [1.54, 1.807) is 16.2 Å². The Labute approximate surface area is 81.4 Å². The Hall–Kier alpha value is -1.03. The maximum atomic E-state index is 11.4. The number of fused-ring (bicyclic) bond motifs is 1. The van der Waals surface area contributed by atoms with Gasteiger partial charge in [-0.05, 0) is 19.9 Å². The average molecular weight is 196 g/mol. The van der Waals surface area contributed by atoms with Gasteiger partial charge >= 0.3 is 6.03 Å². The molecule has 1 N–H and O–H groups in total. The van der Waals surface area contributed by atoms with Crippen LogP contribution in [0, 0.1) is 6.92 Å². The van der Waals surface area contributed by atoms with Crippen LogP contribution in [0.15, 0.2) is 6.07 Å². The molecule has 0 aliphatic carbocycles. The first-order valence-electron chi connectivity index (χ1n) is 4.36. The van der Waals surface area contributed by atoms with Crippen LogP contribution in [-0.2, 0) is 6.54 Å². The quantitative estimate of drug-likeness (QED) is 0.735. The molecular weight excluding hydrogens is 184 g/mol. The molecule has 0 radical (unpaired) electrons. The molecule has 0 atom stereocenters. The first kappa shape index (κ1) is 8.56. The van der Waals surface area contributed by atoms with Crippen LogP contribution in [0.2, 0.25) is 0 Å². The van der Waals surface area contributed by atoms with Crippen molar-refractivity contribution < 1.29 is 4.79 Å². The van der Waals surface area contributed by atoms with Crippen molar-refractivity contribution in [2.24, 2.45) is 0 Å². The van der Waals surface area contributed by atoms with Crippen molar-refractivity contribution >= 4 is 23.1 Å². The smallest absolute Gasteiger partial charge is 0.320 e. The van der Waals surface area contributed by atoms with E-state index in [-0.39, 0.29) is 6.03 Å². The average Bonchev–Trinajstić information content (AvgIpc) is 2.42. The number of nitrogens with zero attached hydrogens (tertiary/aromatic N) is 1. The van der Waals surface area contributed by atoms with Crippen molar-refractivity contribution in [2.75, 3.05) is 11.9 Å². The summed E-state index contributed by atoms with van der Waals surface area (Å²) in [6, 6.07) is 2.05. The van der Waals surface area contributed by atoms with Gasteiger partial charge in [-0.25, -0.2) is 4.79 Å². The molecule has 2 rings (SSSR count). The van der Waals surface area contributed by atoms with E-state index in [9.17, 15) is 4.79 Å². The lowest BCUT2D eigenvalue weighted by molar-refractivity contribution is 0.210. The molecule has 4 heteroatoms. The molecule has 1 aromatic rings. The molecule has 1 aliphatic rings. The molecule has 1 aromatic heterocycles. The Balaban J connectivity index is 2.32. The molecule has 0 aromatic carbocycles. The predicted molar refractivity (Wildman–Crippen MR) is 54.2 cm³/mol. The maximum absolute atomic E-state index is 11.4. The highest BCUT2D eigenvalue weighted by molar-refractivity contribution is 7.12. The van der Waals surface area contributed by atoms with Crippen LogP contribution in [0.4, 0.5) is 10.5 Å². The highest BCUT2D eigenvalue weighted by atomic mass is 32.1. The Morgan fingerprint density at radius 3 is 3.15 bits per heavy atom. The highest BCUT2D eigenvalue weighted by Crippen LogP contribution is 2.31. The summed E-state index contributed by atoms with van der Waals surface area (Å²) in [6.45, 7) is 5.58. The zero-order valence-electron chi connectivity index (χ0n) is 7.76. The lowest BCUT2D eigenvalue weighted by Crippen LogP contribution is -2.37. The number of hydrogen-bond donors (Lipinski definition) is 1. The zero-order valence-corrected chi connectivity index (χ0v) is 8.57. The molecule has 13 heavy (non-hydrogen) atoms. The number of amides is 2. The topological polar surface area (TPSA) is 32.3 Å². The zero-order chi connectivity index (χ0) is 9.42. The molecule has 70 valence electrons. The Morgan fingerprint density at radius 1 is 1.69 bits per heavy atom. The Morgan fingerprint density at radius 2 is 2.46 bits per heavy atom. The van der Waals surface area contributed by atoms with Crippen LogP contribution in [0.1, 0.15) is 16.7 Å². The number of rotatable bonds is 1. The van der Waals surface area contributed by atoms with Crippen LogP contribution in [0.25, 0.3) is 0 Å². The minimum Gasteiger partial charge on any atom is -0.320 e. The molecule has 0 saturated carbocycles. The van der Waals surface area contributed by atoms with E-state index in [0.717, 1.165) is 18.8 Å². The van der Waals surface area contributed by atoms with Gasteiger partial charge in [0.25, 0.3) is 0 Å². The highest BCUT2D eigenvalue weighted by Gasteiger charge is 2.22. The van der Waals surface area contributed by atoms with Gasteiger partial charge in [0, 0.05) is 16.3 Å². The molecule has 1 aliphatic heterocycles. The number of hydrogen-bond acceptors (Lipinski definition) is 2. The second-order valence-corrected chi connectivity index (χ2v) is 4.48. The van der Waals surface area contributed by atoms with E-state index in [0.29, 0.717) is 0 Å². The first-order valence-corrected chi connectivity index (χ1v) is 5.17. The molecule has 3 nitrogen and oxygen atoms in total. The van der Waals surface area contributed by atoms with Crippen LogP contribution >= 0.6 is 11.3 Å². The summed E-state index contributed by atoms with van der Waals surface area (Å²) in [5, 5.41) is 2.88. The molecular formula is C9H12N2OS. The summed E-state index contributed by atoms with van der Waals surface area (Å²) < 4.78 is 0. The third kappa shape index (κ3) is 1.42. The van der Waals surface area contributed by atoms with Gasteiger partial charge in [0.15, 0.2) is 0 Å². The lowest BCUT2D eigenvalue weighted by Gasteiger charge is -2.25. The monoisotopic (exact) mass is 196 g/mol. The Kier molecular flexibility index (Phi) is 2.00. The predicted octanol–water partition coefficient (Wildman–Crippen LogP) is 2.42. The first-order chi connectivity index (χ1) is 6.20. The van der Waals surface area contributed by atoms with Gasteiger partial charge in [0.2, 0.25) is 0 Å². The second kappa shape index (κ2) is 3.03. The van der Waals surface area contributed by atoms with Gasteiger partial charge < -0.3 is 10.2 Å². The maximum Gasteiger partial charge on any atom is 0.322 e. The van der Waals surface area contributed by atoms with Gasteiger partial charge in [0.1, 0.15) is 0 Å². The van der Waals surface area contributed by atoms with Crippen LogP contribution < -0.4 is 5.32 Å². The number of urea groups is 1. The van der Waals surface area contributed by atoms with E-state index >= 15 is 0 Å². The van der Waals surface area contributed by atoms with Crippen molar-refractivity contribution in [3.05, 3.63) is 15.8 Å². The minimum absolute atomic E-state index is 0.0211. The van der Waals surface area contributed by atoms with Gasteiger partial charge in [0.05, 0.1) is 12.2 Å². The molecule has 0 fully saturated rings. The second-order valence-electron chi connectivity index (χ2n) is 3.14. The SMILES string of the molecule is CCN1Cc2sc(C)cc2NC1=O. The fraction of sp³-hybridized carbons (Fsp3) is 0.444. The number of aryl methyl sites for hydroxylation is 1. The number of carbonyl (C=O) groups is 1. The third-order valence-corrected chi connectivity index (χ3v) is 3.21. The van der Waals surface area contributed by atoms with Crippen molar-refractivity contribution in [2.45, 2.75) is 20.4 Å². The van der Waals surface area contributed by atoms with Crippen molar-refractivity contribution in [3.63, 3.8) is 0 Å². The summed E-state index contributed by atoms with van der Waals surface area (Å²) in [5.74, 6) is 0. The van der Waals surface area contributed by atoms with Gasteiger partial charge in [-0.15, -0.1) is 11.3 Å². The summed E-state index contributed by atoms with van der Waals surface area (Å²) in [4.78, 5) is 15.7. The van der Waals surface area contributed by atoms with E-state index in [4.69, 9.17) is 0 Å². The largest absolute Gasteiger partial charge is 0.322 e.